The van der Waals surface area contributed by atoms with E-state index in [0.29, 0.717) is 5.82 Å². The third-order valence-corrected chi connectivity index (χ3v) is 3.14. The van der Waals surface area contributed by atoms with Gasteiger partial charge in [0.05, 0.1) is 6.04 Å². The molecule has 0 aliphatic heterocycles. The molecule has 3 rings (SSSR count). The summed E-state index contributed by atoms with van der Waals surface area (Å²) in [6.07, 6.45) is 5.13. The van der Waals surface area contributed by atoms with Gasteiger partial charge in [0.2, 0.25) is 0 Å². The van der Waals surface area contributed by atoms with Crippen molar-refractivity contribution in [3.8, 4) is 5.82 Å². The van der Waals surface area contributed by atoms with Crippen LogP contribution in [0.15, 0.2) is 48.9 Å². The quantitative estimate of drug-likeness (QED) is 0.736. The molecule has 6 heteroatoms. The molecule has 0 amide bonds. The molecule has 102 valence electrons. The predicted octanol–water partition coefficient (Wildman–Crippen LogP) is 2.96. The molecule has 2 aromatic heterocycles. The molecular weight excluding hydrogens is 262 g/mol. The fourth-order valence-electron chi connectivity index (χ4n) is 2.05. The van der Waals surface area contributed by atoms with Crippen LogP contribution in [0.3, 0.4) is 0 Å². The Kier molecular flexibility index (Phi) is 3.06. The van der Waals surface area contributed by atoms with Gasteiger partial charge in [0.15, 0.2) is 5.82 Å². The maximum absolute atomic E-state index is 13.8. The summed E-state index contributed by atoms with van der Waals surface area (Å²) in [6, 6.07) is 6.56. The zero-order valence-electron chi connectivity index (χ0n) is 10.7. The summed E-state index contributed by atoms with van der Waals surface area (Å²) < 4.78 is 30.2. The molecule has 0 aliphatic rings. The topological polar surface area (TPSA) is 35.6 Å². The lowest BCUT2D eigenvalue weighted by Gasteiger charge is -2.13. The van der Waals surface area contributed by atoms with E-state index < -0.39 is 17.7 Å². The van der Waals surface area contributed by atoms with Crippen LogP contribution in [0.1, 0.15) is 18.5 Å². The Morgan fingerprint density at radius 3 is 2.75 bits per heavy atom. The minimum atomic E-state index is -0.465. The summed E-state index contributed by atoms with van der Waals surface area (Å²) >= 11 is 0. The number of benzene rings is 1. The average molecular weight is 274 g/mol. The average Bonchev–Trinajstić information content (AvgIpc) is 3.10. The first-order valence-corrected chi connectivity index (χ1v) is 6.15. The normalized spacial score (nSPS) is 12.6. The molecule has 0 bridgehead atoms. The van der Waals surface area contributed by atoms with Crippen LogP contribution in [0.2, 0.25) is 0 Å². The van der Waals surface area contributed by atoms with Gasteiger partial charge in [-0.3, -0.25) is 4.68 Å². The van der Waals surface area contributed by atoms with Crippen LogP contribution >= 0.6 is 0 Å². The fourth-order valence-corrected chi connectivity index (χ4v) is 2.05. The third kappa shape index (κ3) is 2.20. The van der Waals surface area contributed by atoms with Gasteiger partial charge in [-0.25, -0.2) is 13.5 Å². The van der Waals surface area contributed by atoms with Crippen LogP contribution in [0.25, 0.3) is 5.82 Å². The highest BCUT2D eigenvalue weighted by Crippen LogP contribution is 2.22. The Balaban J connectivity index is 1.95. The second kappa shape index (κ2) is 4.88. The van der Waals surface area contributed by atoms with E-state index in [-0.39, 0.29) is 5.56 Å². The molecular formula is C14H12F2N4. The van der Waals surface area contributed by atoms with Crippen molar-refractivity contribution in [1.82, 2.24) is 19.6 Å². The third-order valence-electron chi connectivity index (χ3n) is 3.14. The summed E-state index contributed by atoms with van der Waals surface area (Å²) in [5.74, 6) is -0.290. The molecule has 1 aromatic carbocycles. The SMILES string of the molecule is C[C@H](c1cc(F)ccc1F)n1ccc(-n2cccn2)n1. The van der Waals surface area contributed by atoms with Crippen molar-refractivity contribution >= 4 is 0 Å². The van der Waals surface area contributed by atoms with E-state index in [1.807, 2.05) is 0 Å². The van der Waals surface area contributed by atoms with Gasteiger partial charge in [-0.05, 0) is 31.2 Å². The summed E-state index contributed by atoms with van der Waals surface area (Å²) in [7, 11) is 0. The highest BCUT2D eigenvalue weighted by Gasteiger charge is 2.15. The zero-order valence-corrected chi connectivity index (χ0v) is 10.7. The molecule has 0 fully saturated rings. The van der Waals surface area contributed by atoms with Crippen molar-refractivity contribution in [2.45, 2.75) is 13.0 Å². The molecule has 1 atom stereocenters. The van der Waals surface area contributed by atoms with Crippen LogP contribution < -0.4 is 0 Å². The Labute approximate surface area is 114 Å². The van der Waals surface area contributed by atoms with Gasteiger partial charge in [0.25, 0.3) is 0 Å². The first-order chi connectivity index (χ1) is 9.65. The van der Waals surface area contributed by atoms with Crippen molar-refractivity contribution in [1.29, 1.82) is 0 Å². The van der Waals surface area contributed by atoms with Gasteiger partial charge in [-0.15, -0.1) is 0 Å². The Hall–Kier alpha value is -2.50. The summed E-state index contributed by atoms with van der Waals surface area (Å²) in [5, 5.41) is 8.40. The number of rotatable bonds is 3. The molecule has 0 aliphatic carbocycles. The van der Waals surface area contributed by atoms with Gasteiger partial charge in [-0.2, -0.15) is 10.2 Å². The minimum Gasteiger partial charge on any atom is -0.263 e. The number of hydrogen-bond donors (Lipinski definition) is 0. The van der Waals surface area contributed by atoms with E-state index in [1.165, 1.54) is 6.07 Å². The molecule has 4 nitrogen and oxygen atoms in total. The lowest BCUT2D eigenvalue weighted by atomic mass is 10.1. The first-order valence-electron chi connectivity index (χ1n) is 6.15. The van der Waals surface area contributed by atoms with E-state index >= 15 is 0 Å². The summed E-state index contributed by atoms with van der Waals surface area (Å²) in [5.41, 5.74) is 0.264. The molecule has 0 spiro atoms. The number of nitrogens with zero attached hydrogens (tertiary/aromatic N) is 4. The Bertz CT molecular complexity index is 719. The standard InChI is InChI=1S/C14H12F2N4/c1-10(12-9-11(15)3-4-13(12)16)19-8-5-14(18-19)20-7-2-6-17-20/h2-10H,1H3/t10-/m1/s1. The predicted molar refractivity (Wildman–Crippen MR) is 69.5 cm³/mol. The lowest BCUT2D eigenvalue weighted by Crippen LogP contribution is -2.10. The monoisotopic (exact) mass is 274 g/mol. The van der Waals surface area contributed by atoms with Gasteiger partial charge in [0, 0.05) is 30.2 Å². The van der Waals surface area contributed by atoms with E-state index in [0.717, 1.165) is 12.1 Å². The van der Waals surface area contributed by atoms with E-state index in [2.05, 4.69) is 10.2 Å². The van der Waals surface area contributed by atoms with Crippen LogP contribution in [0.5, 0.6) is 0 Å². The highest BCUT2D eigenvalue weighted by atomic mass is 19.1. The molecule has 0 unspecified atom stereocenters. The van der Waals surface area contributed by atoms with Crippen molar-refractivity contribution < 1.29 is 8.78 Å². The largest absolute Gasteiger partial charge is 0.263 e. The van der Waals surface area contributed by atoms with Crippen LogP contribution in [0.4, 0.5) is 8.78 Å². The molecule has 0 N–H and O–H groups in total. The van der Waals surface area contributed by atoms with Crippen LogP contribution in [-0.4, -0.2) is 19.6 Å². The molecule has 2 heterocycles. The molecule has 20 heavy (non-hydrogen) atoms. The van der Waals surface area contributed by atoms with Crippen LogP contribution in [0, 0.1) is 11.6 Å². The maximum Gasteiger partial charge on any atom is 0.174 e. The molecule has 0 saturated carbocycles. The van der Waals surface area contributed by atoms with Crippen LogP contribution in [-0.2, 0) is 0 Å². The van der Waals surface area contributed by atoms with Gasteiger partial charge in [0.1, 0.15) is 11.6 Å². The number of halogens is 2. The van der Waals surface area contributed by atoms with Gasteiger partial charge < -0.3 is 0 Å². The minimum absolute atomic E-state index is 0.264. The highest BCUT2D eigenvalue weighted by molar-refractivity contribution is 5.24. The number of hydrogen-bond acceptors (Lipinski definition) is 2. The van der Waals surface area contributed by atoms with Crippen molar-refractivity contribution in [3.05, 3.63) is 66.1 Å². The van der Waals surface area contributed by atoms with Gasteiger partial charge >= 0.3 is 0 Å². The first kappa shape index (κ1) is 12.5. The smallest absolute Gasteiger partial charge is 0.174 e. The van der Waals surface area contributed by atoms with Crippen molar-refractivity contribution in [2.75, 3.05) is 0 Å². The van der Waals surface area contributed by atoms with E-state index in [4.69, 9.17) is 0 Å². The fraction of sp³-hybridized carbons (Fsp3) is 0.143. The molecule has 0 saturated heterocycles. The number of aromatic nitrogens is 4. The second-order valence-corrected chi connectivity index (χ2v) is 4.45. The van der Waals surface area contributed by atoms with Gasteiger partial charge in [-0.1, -0.05) is 0 Å². The Morgan fingerprint density at radius 2 is 2.00 bits per heavy atom. The lowest BCUT2D eigenvalue weighted by molar-refractivity contribution is 0.509. The van der Waals surface area contributed by atoms with E-state index in [9.17, 15) is 8.78 Å². The Morgan fingerprint density at radius 1 is 1.15 bits per heavy atom. The summed E-state index contributed by atoms with van der Waals surface area (Å²) in [6.45, 7) is 1.76. The van der Waals surface area contributed by atoms with Crippen molar-refractivity contribution in [3.63, 3.8) is 0 Å². The zero-order chi connectivity index (χ0) is 14.1. The summed E-state index contributed by atoms with van der Waals surface area (Å²) in [4.78, 5) is 0. The maximum atomic E-state index is 13.8. The van der Waals surface area contributed by atoms with Crippen molar-refractivity contribution in [2.24, 2.45) is 0 Å². The van der Waals surface area contributed by atoms with E-state index in [1.54, 1.807) is 47.0 Å². The molecule has 0 radical (unpaired) electrons. The molecule has 3 aromatic rings. The second-order valence-electron chi connectivity index (χ2n) is 4.45.